The van der Waals surface area contributed by atoms with Gasteiger partial charge in [-0.25, -0.2) is 4.98 Å². The van der Waals surface area contributed by atoms with E-state index in [2.05, 4.69) is 23.8 Å². The molecule has 1 aromatic heterocycles. The number of methoxy groups -OCH3 is 2. The van der Waals surface area contributed by atoms with Crippen molar-refractivity contribution in [1.82, 2.24) is 9.97 Å². The van der Waals surface area contributed by atoms with Gasteiger partial charge in [-0.1, -0.05) is 26.7 Å². The molecule has 0 amide bonds. The van der Waals surface area contributed by atoms with Crippen molar-refractivity contribution in [1.29, 1.82) is 0 Å². The van der Waals surface area contributed by atoms with E-state index in [-0.39, 0.29) is 6.04 Å². The lowest BCUT2D eigenvalue weighted by atomic mass is 9.92. The van der Waals surface area contributed by atoms with E-state index in [1.54, 1.807) is 20.4 Å². The van der Waals surface area contributed by atoms with Gasteiger partial charge in [-0.15, -0.1) is 0 Å². The Kier molecular flexibility index (Phi) is 5.15. The third-order valence-electron chi connectivity index (χ3n) is 3.02. The second kappa shape index (κ2) is 6.39. The van der Waals surface area contributed by atoms with E-state index in [1.807, 2.05) is 0 Å². The lowest BCUT2D eigenvalue weighted by molar-refractivity contribution is 0.336. The maximum absolute atomic E-state index is 6.20. The lowest BCUT2D eigenvalue weighted by Crippen LogP contribution is -2.22. The minimum atomic E-state index is -0.154. The van der Waals surface area contributed by atoms with Crippen molar-refractivity contribution in [2.45, 2.75) is 32.7 Å². The lowest BCUT2D eigenvalue weighted by Gasteiger charge is -2.21. The van der Waals surface area contributed by atoms with Crippen molar-refractivity contribution in [3.05, 3.63) is 11.9 Å². The summed E-state index contributed by atoms with van der Waals surface area (Å²) < 4.78 is 10.2. The van der Waals surface area contributed by atoms with Crippen LogP contribution in [0, 0.1) is 5.92 Å². The van der Waals surface area contributed by atoms with E-state index in [4.69, 9.17) is 15.2 Å². The molecule has 1 unspecified atom stereocenters. The van der Waals surface area contributed by atoms with Crippen LogP contribution >= 0.6 is 0 Å². The Labute approximate surface area is 102 Å². The zero-order chi connectivity index (χ0) is 12.8. The van der Waals surface area contributed by atoms with E-state index >= 15 is 0 Å². The molecule has 1 rings (SSSR count). The van der Waals surface area contributed by atoms with Gasteiger partial charge in [-0.05, 0) is 5.92 Å². The molecule has 2 N–H and O–H groups in total. The standard InChI is InChI=1S/C12H21N3O2/c1-5-8(6-2)10(13)11-12(17-4)15-9(16-3)7-14-11/h7-8,10H,5-6,13H2,1-4H3. The van der Waals surface area contributed by atoms with Crippen molar-refractivity contribution < 1.29 is 9.47 Å². The smallest absolute Gasteiger partial charge is 0.240 e. The van der Waals surface area contributed by atoms with Crippen LogP contribution in [0.25, 0.3) is 0 Å². The molecule has 96 valence electrons. The van der Waals surface area contributed by atoms with E-state index in [9.17, 15) is 0 Å². The molecular formula is C12H21N3O2. The predicted molar refractivity (Wildman–Crippen MR) is 66.1 cm³/mol. The van der Waals surface area contributed by atoms with Gasteiger partial charge in [0.05, 0.1) is 26.5 Å². The molecule has 0 aromatic carbocycles. The molecule has 0 saturated carbocycles. The first kappa shape index (κ1) is 13.7. The zero-order valence-electron chi connectivity index (χ0n) is 10.9. The van der Waals surface area contributed by atoms with Gasteiger partial charge in [0.25, 0.3) is 0 Å². The van der Waals surface area contributed by atoms with Gasteiger partial charge >= 0.3 is 0 Å². The number of hydrogen-bond donors (Lipinski definition) is 1. The van der Waals surface area contributed by atoms with Crippen molar-refractivity contribution >= 4 is 0 Å². The molecule has 5 nitrogen and oxygen atoms in total. The van der Waals surface area contributed by atoms with E-state index in [0.29, 0.717) is 23.4 Å². The maximum Gasteiger partial charge on any atom is 0.240 e. The SMILES string of the molecule is CCC(CC)C(N)c1ncc(OC)nc1OC. The molecule has 1 atom stereocenters. The fourth-order valence-corrected chi connectivity index (χ4v) is 1.86. The molecule has 0 bridgehead atoms. The van der Waals surface area contributed by atoms with Gasteiger partial charge in [-0.2, -0.15) is 4.98 Å². The average Bonchev–Trinajstić information content (AvgIpc) is 2.39. The van der Waals surface area contributed by atoms with Gasteiger partial charge in [0, 0.05) is 0 Å². The highest BCUT2D eigenvalue weighted by Crippen LogP contribution is 2.29. The largest absolute Gasteiger partial charge is 0.480 e. The summed E-state index contributed by atoms with van der Waals surface area (Å²) in [5.41, 5.74) is 6.90. The summed E-state index contributed by atoms with van der Waals surface area (Å²) in [5, 5.41) is 0. The molecule has 0 aliphatic carbocycles. The Morgan fingerprint density at radius 2 is 1.88 bits per heavy atom. The number of ether oxygens (including phenoxy) is 2. The number of aromatic nitrogens is 2. The molecule has 0 fully saturated rings. The summed E-state index contributed by atoms with van der Waals surface area (Å²) in [4.78, 5) is 8.49. The quantitative estimate of drug-likeness (QED) is 0.821. The number of rotatable bonds is 6. The van der Waals surface area contributed by atoms with Crippen molar-refractivity contribution in [3.63, 3.8) is 0 Å². The van der Waals surface area contributed by atoms with Crippen LogP contribution in [0.15, 0.2) is 6.20 Å². The van der Waals surface area contributed by atoms with Crippen LogP contribution in [0.5, 0.6) is 11.8 Å². The summed E-state index contributed by atoms with van der Waals surface area (Å²) >= 11 is 0. The third-order valence-corrected chi connectivity index (χ3v) is 3.02. The second-order valence-corrected chi connectivity index (χ2v) is 3.91. The summed E-state index contributed by atoms with van der Waals surface area (Å²) in [6.07, 6.45) is 3.59. The Morgan fingerprint density at radius 3 is 2.35 bits per heavy atom. The summed E-state index contributed by atoms with van der Waals surface area (Å²) in [6.45, 7) is 4.24. The molecule has 1 aromatic rings. The van der Waals surface area contributed by atoms with Crippen LogP contribution in [-0.4, -0.2) is 24.2 Å². The normalized spacial score (nSPS) is 12.6. The van der Waals surface area contributed by atoms with Gasteiger partial charge in [0.2, 0.25) is 11.8 Å². The van der Waals surface area contributed by atoms with Crippen molar-refractivity contribution in [2.24, 2.45) is 11.7 Å². The first-order chi connectivity index (χ1) is 8.17. The first-order valence-electron chi connectivity index (χ1n) is 5.88. The van der Waals surface area contributed by atoms with Gasteiger partial charge < -0.3 is 15.2 Å². The van der Waals surface area contributed by atoms with Crippen LogP contribution in [0.1, 0.15) is 38.4 Å². The van der Waals surface area contributed by atoms with Crippen molar-refractivity contribution in [3.8, 4) is 11.8 Å². The summed E-state index contributed by atoms with van der Waals surface area (Å²) in [7, 11) is 3.11. The first-order valence-corrected chi connectivity index (χ1v) is 5.88. The minimum Gasteiger partial charge on any atom is -0.480 e. The minimum absolute atomic E-state index is 0.154. The van der Waals surface area contributed by atoms with E-state index < -0.39 is 0 Å². The average molecular weight is 239 g/mol. The van der Waals surface area contributed by atoms with Crippen LogP contribution in [0.3, 0.4) is 0 Å². The molecule has 5 heteroatoms. The molecule has 0 aliphatic heterocycles. The van der Waals surface area contributed by atoms with Crippen LogP contribution in [0.2, 0.25) is 0 Å². The van der Waals surface area contributed by atoms with Gasteiger partial charge in [0.15, 0.2) is 0 Å². The highest BCUT2D eigenvalue weighted by molar-refractivity contribution is 5.25. The van der Waals surface area contributed by atoms with Crippen LogP contribution in [-0.2, 0) is 0 Å². The Bertz CT molecular complexity index is 354. The Morgan fingerprint density at radius 1 is 1.24 bits per heavy atom. The van der Waals surface area contributed by atoms with E-state index in [1.165, 1.54) is 0 Å². The molecule has 1 heterocycles. The highest BCUT2D eigenvalue weighted by atomic mass is 16.5. The number of hydrogen-bond acceptors (Lipinski definition) is 5. The van der Waals surface area contributed by atoms with E-state index in [0.717, 1.165) is 12.8 Å². The fourth-order valence-electron chi connectivity index (χ4n) is 1.86. The molecule has 0 radical (unpaired) electrons. The predicted octanol–water partition coefficient (Wildman–Crippen LogP) is 1.93. The highest BCUT2D eigenvalue weighted by Gasteiger charge is 2.22. The second-order valence-electron chi connectivity index (χ2n) is 3.91. The zero-order valence-corrected chi connectivity index (χ0v) is 10.9. The fraction of sp³-hybridized carbons (Fsp3) is 0.667. The molecule has 17 heavy (non-hydrogen) atoms. The van der Waals surface area contributed by atoms with Crippen LogP contribution < -0.4 is 15.2 Å². The number of nitrogens with zero attached hydrogens (tertiary/aromatic N) is 2. The van der Waals surface area contributed by atoms with Crippen molar-refractivity contribution in [2.75, 3.05) is 14.2 Å². The van der Waals surface area contributed by atoms with Gasteiger partial charge in [0.1, 0.15) is 5.69 Å². The maximum atomic E-state index is 6.20. The molecule has 0 spiro atoms. The summed E-state index contributed by atoms with van der Waals surface area (Å²) in [6, 6.07) is -0.154. The topological polar surface area (TPSA) is 70.3 Å². The molecule has 0 aliphatic rings. The Hall–Kier alpha value is -1.36. The van der Waals surface area contributed by atoms with Crippen LogP contribution in [0.4, 0.5) is 0 Å². The number of nitrogens with two attached hydrogens (primary N) is 1. The van der Waals surface area contributed by atoms with Gasteiger partial charge in [-0.3, -0.25) is 0 Å². The monoisotopic (exact) mass is 239 g/mol. The Balaban J connectivity index is 3.03. The third kappa shape index (κ3) is 3.06. The molecule has 0 saturated heterocycles. The summed E-state index contributed by atoms with van der Waals surface area (Å²) in [5.74, 6) is 1.26. The molecular weight excluding hydrogens is 218 g/mol.